The number of hydrogen-bond acceptors (Lipinski definition) is 7. The van der Waals surface area contributed by atoms with Crippen LogP contribution in [0.25, 0.3) is 5.69 Å². The van der Waals surface area contributed by atoms with Crippen molar-refractivity contribution in [2.24, 2.45) is 18.2 Å². The van der Waals surface area contributed by atoms with Crippen LogP contribution in [0.3, 0.4) is 0 Å². The van der Waals surface area contributed by atoms with E-state index < -0.39 is 0 Å². The van der Waals surface area contributed by atoms with E-state index in [0.29, 0.717) is 41.1 Å². The van der Waals surface area contributed by atoms with Crippen LogP contribution in [0.4, 0.5) is 5.82 Å². The van der Waals surface area contributed by atoms with E-state index in [0.717, 1.165) is 25.9 Å². The van der Waals surface area contributed by atoms with Crippen molar-refractivity contribution in [2.45, 2.75) is 45.8 Å². The van der Waals surface area contributed by atoms with Gasteiger partial charge in [0.2, 0.25) is 5.88 Å². The molecule has 0 amide bonds. The Morgan fingerprint density at radius 1 is 1.17 bits per heavy atom. The molecule has 2 N–H and O–H groups in total. The summed E-state index contributed by atoms with van der Waals surface area (Å²) >= 11 is 13.2. The molecule has 2 fully saturated rings. The highest BCUT2D eigenvalue weighted by Crippen LogP contribution is 2.42. The van der Waals surface area contributed by atoms with E-state index in [1.165, 1.54) is 4.57 Å². The largest absolute Gasteiger partial charge is 0.436 e. The third-order valence-corrected chi connectivity index (χ3v) is 8.38. The van der Waals surface area contributed by atoms with Gasteiger partial charge in [0.15, 0.2) is 0 Å². The van der Waals surface area contributed by atoms with E-state index in [-0.39, 0.29) is 33.2 Å². The number of ether oxygens (including phenoxy) is 2. The predicted molar refractivity (Wildman–Crippen MR) is 140 cm³/mol. The van der Waals surface area contributed by atoms with Gasteiger partial charge in [0.25, 0.3) is 5.56 Å². The zero-order chi connectivity index (χ0) is 25.8. The Labute approximate surface area is 219 Å². The van der Waals surface area contributed by atoms with Crippen molar-refractivity contribution in [3.05, 3.63) is 56.2 Å². The lowest BCUT2D eigenvalue weighted by molar-refractivity contribution is 0.0974. The van der Waals surface area contributed by atoms with E-state index in [4.69, 9.17) is 43.4 Å². The molecule has 5 rings (SSSR count). The summed E-state index contributed by atoms with van der Waals surface area (Å²) in [6, 6.07) is 5.12. The zero-order valence-electron chi connectivity index (χ0n) is 20.8. The molecule has 2 aromatic heterocycles. The number of piperidine rings is 1. The molecule has 4 heterocycles. The molecule has 3 aromatic rings. The summed E-state index contributed by atoms with van der Waals surface area (Å²) in [5.41, 5.74) is 7.27. The van der Waals surface area contributed by atoms with Crippen molar-refractivity contribution >= 4 is 29.0 Å². The van der Waals surface area contributed by atoms with Crippen molar-refractivity contribution in [1.29, 1.82) is 0 Å². The Balaban J connectivity index is 1.43. The first-order valence-electron chi connectivity index (χ1n) is 12.0. The second-order valence-corrected chi connectivity index (χ2v) is 10.5. The van der Waals surface area contributed by atoms with Gasteiger partial charge in [-0.05, 0) is 45.7 Å². The smallest absolute Gasteiger partial charge is 0.263 e. The summed E-state index contributed by atoms with van der Waals surface area (Å²) in [7, 11) is 1.79. The summed E-state index contributed by atoms with van der Waals surface area (Å²) in [5, 5.41) is 4.59. The third-order valence-electron chi connectivity index (χ3n) is 7.53. The zero-order valence-corrected chi connectivity index (χ0v) is 22.3. The first kappa shape index (κ1) is 25.1. The minimum atomic E-state index is -0.191. The van der Waals surface area contributed by atoms with Gasteiger partial charge in [-0.3, -0.25) is 14.0 Å². The number of benzene rings is 1. The number of aromatic nitrogens is 4. The number of nitrogens with two attached hydrogens (primary N) is 1. The van der Waals surface area contributed by atoms with Crippen LogP contribution in [0, 0.1) is 19.3 Å². The summed E-state index contributed by atoms with van der Waals surface area (Å²) < 4.78 is 14.7. The molecule has 1 aromatic carbocycles. The third kappa shape index (κ3) is 4.18. The molecular weight excluding hydrogens is 503 g/mol. The fourth-order valence-corrected chi connectivity index (χ4v) is 5.70. The maximum absolute atomic E-state index is 13.6. The Bertz CT molecular complexity index is 1360. The maximum Gasteiger partial charge on any atom is 0.263 e. The maximum atomic E-state index is 13.6. The van der Waals surface area contributed by atoms with Gasteiger partial charge in [0.1, 0.15) is 22.4 Å². The van der Waals surface area contributed by atoms with E-state index in [9.17, 15) is 4.79 Å². The molecule has 0 aliphatic carbocycles. The van der Waals surface area contributed by atoms with Crippen LogP contribution < -0.4 is 20.9 Å². The number of nitrogens with zero attached hydrogens (tertiary/aromatic N) is 5. The van der Waals surface area contributed by atoms with Crippen LogP contribution in [0.1, 0.15) is 31.2 Å². The van der Waals surface area contributed by atoms with Crippen LogP contribution in [0.5, 0.6) is 11.6 Å². The predicted octanol–water partition coefficient (Wildman–Crippen LogP) is 4.01. The fraction of sp³-hybridized carbons (Fsp3) is 0.480. The van der Waals surface area contributed by atoms with Gasteiger partial charge < -0.3 is 20.1 Å². The van der Waals surface area contributed by atoms with Crippen molar-refractivity contribution in [3.8, 4) is 17.3 Å². The highest BCUT2D eigenvalue weighted by atomic mass is 35.5. The molecule has 36 heavy (non-hydrogen) atoms. The molecule has 2 atom stereocenters. The Morgan fingerprint density at radius 2 is 1.89 bits per heavy atom. The lowest BCUT2D eigenvalue weighted by Crippen LogP contribution is -2.51. The monoisotopic (exact) mass is 532 g/mol. The van der Waals surface area contributed by atoms with E-state index >= 15 is 0 Å². The minimum absolute atomic E-state index is 0.00277. The van der Waals surface area contributed by atoms with Gasteiger partial charge in [-0.2, -0.15) is 0 Å². The number of hydrogen-bond donors (Lipinski definition) is 1. The lowest BCUT2D eigenvalue weighted by Gasteiger charge is -2.42. The van der Waals surface area contributed by atoms with Gasteiger partial charge in [-0.25, -0.2) is 4.98 Å². The van der Waals surface area contributed by atoms with Crippen LogP contribution in [0.2, 0.25) is 10.0 Å². The highest BCUT2D eigenvalue weighted by Gasteiger charge is 2.47. The molecule has 11 heteroatoms. The summed E-state index contributed by atoms with van der Waals surface area (Å²) in [6.07, 6.45) is 3.64. The lowest BCUT2D eigenvalue weighted by atomic mass is 9.73. The SMILES string of the molecule is Cc1c(N2CCC3(CC2)CO[C@@H](C)[C@H]3N)nc(C)n(-c2ccc(Oc3ccn(C)n3)c(Cl)c2Cl)c1=O. The Morgan fingerprint density at radius 3 is 2.50 bits per heavy atom. The number of aryl methyl sites for hydroxylation is 2. The summed E-state index contributed by atoms with van der Waals surface area (Å²) in [5.74, 6) is 1.95. The molecule has 0 radical (unpaired) electrons. The summed E-state index contributed by atoms with van der Waals surface area (Å²) in [6.45, 7) is 7.86. The van der Waals surface area contributed by atoms with Gasteiger partial charge in [-0.1, -0.05) is 23.2 Å². The molecule has 0 bridgehead atoms. The molecule has 2 aliphatic heterocycles. The van der Waals surface area contributed by atoms with Crippen molar-refractivity contribution in [1.82, 2.24) is 19.3 Å². The molecule has 192 valence electrons. The fourth-order valence-electron chi connectivity index (χ4n) is 5.26. The average Bonchev–Trinajstić information content (AvgIpc) is 3.39. The van der Waals surface area contributed by atoms with E-state index in [1.54, 1.807) is 50.0 Å². The second kappa shape index (κ2) is 9.37. The van der Waals surface area contributed by atoms with Crippen LogP contribution in [-0.4, -0.2) is 51.2 Å². The molecular formula is C25H30Cl2N6O3. The molecule has 2 aliphatic rings. The molecule has 1 spiro atoms. The first-order valence-corrected chi connectivity index (χ1v) is 12.7. The summed E-state index contributed by atoms with van der Waals surface area (Å²) in [4.78, 5) is 20.6. The van der Waals surface area contributed by atoms with Crippen molar-refractivity contribution < 1.29 is 9.47 Å². The molecule has 0 unspecified atom stereocenters. The molecule has 0 saturated carbocycles. The Kier molecular flexibility index (Phi) is 6.53. The van der Waals surface area contributed by atoms with Crippen LogP contribution in [0.15, 0.2) is 29.2 Å². The van der Waals surface area contributed by atoms with Gasteiger partial charge in [-0.15, -0.1) is 5.10 Å². The standard InChI is InChI=1S/C25H30Cl2N6O3/c1-14-23(32-11-8-25(9-12-32)13-35-15(2)22(25)28)29-16(3)33(24(14)34)17-5-6-18(21(27)20(17)26)36-19-7-10-31(4)30-19/h5-7,10,15,22H,8-9,11-13,28H2,1-4H3/t15-,22+/m0/s1. The van der Waals surface area contributed by atoms with E-state index in [2.05, 4.69) is 10.00 Å². The van der Waals surface area contributed by atoms with E-state index in [1.807, 2.05) is 6.92 Å². The minimum Gasteiger partial charge on any atom is -0.436 e. The first-order chi connectivity index (χ1) is 17.1. The Hall–Kier alpha value is -2.59. The van der Waals surface area contributed by atoms with Crippen LogP contribution in [-0.2, 0) is 11.8 Å². The number of halogens is 2. The average molecular weight is 533 g/mol. The molecule has 2 saturated heterocycles. The molecule has 9 nitrogen and oxygen atoms in total. The van der Waals surface area contributed by atoms with Crippen molar-refractivity contribution in [2.75, 3.05) is 24.6 Å². The topological polar surface area (TPSA) is 100 Å². The van der Waals surface area contributed by atoms with Crippen molar-refractivity contribution in [3.63, 3.8) is 0 Å². The number of rotatable bonds is 4. The quantitative estimate of drug-likeness (QED) is 0.541. The van der Waals surface area contributed by atoms with Gasteiger partial charge in [0, 0.05) is 43.9 Å². The number of anilines is 1. The second-order valence-electron chi connectivity index (χ2n) is 9.78. The highest BCUT2D eigenvalue weighted by molar-refractivity contribution is 6.44. The normalized spacial score (nSPS) is 21.4. The van der Waals surface area contributed by atoms with Crippen LogP contribution >= 0.6 is 23.2 Å². The van der Waals surface area contributed by atoms with Gasteiger partial charge >= 0.3 is 0 Å². The van der Waals surface area contributed by atoms with Gasteiger partial charge in [0.05, 0.1) is 29.0 Å².